The Morgan fingerprint density at radius 3 is 1.52 bits per heavy atom. The SMILES string of the molecule is CCOc1ccc(P(=O)(Cc2c(Cl)cccc2Cl)Cc2c(Cl)cccc2Cl)cc1. The van der Waals surface area contributed by atoms with E-state index >= 15 is 0 Å². The summed E-state index contributed by atoms with van der Waals surface area (Å²) in [6.45, 7) is 2.47. The van der Waals surface area contributed by atoms with Gasteiger partial charge in [-0.15, -0.1) is 0 Å². The van der Waals surface area contributed by atoms with Gasteiger partial charge in [-0.1, -0.05) is 58.5 Å². The fourth-order valence-electron chi connectivity index (χ4n) is 3.10. The lowest BCUT2D eigenvalue weighted by Gasteiger charge is -2.22. The molecule has 3 aromatic carbocycles. The molecule has 0 aromatic heterocycles. The first-order valence-corrected chi connectivity index (χ1v) is 12.6. The Hall–Kier alpha value is -1.15. The highest BCUT2D eigenvalue weighted by molar-refractivity contribution is 7.70. The van der Waals surface area contributed by atoms with Crippen LogP contribution in [-0.4, -0.2) is 6.61 Å². The summed E-state index contributed by atoms with van der Waals surface area (Å²) in [5.74, 6) is 0.717. The number of ether oxygens (including phenoxy) is 1. The predicted octanol–water partition coefficient (Wildman–Crippen LogP) is 8.09. The minimum atomic E-state index is -3.06. The zero-order valence-corrected chi connectivity index (χ0v) is 19.6. The smallest absolute Gasteiger partial charge is 0.124 e. The van der Waals surface area contributed by atoms with E-state index in [1.165, 1.54) is 0 Å². The fourth-order valence-corrected chi connectivity index (χ4v) is 7.40. The zero-order chi connectivity index (χ0) is 21.0. The first-order chi connectivity index (χ1) is 13.8. The molecule has 0 atom stereocenters. The minimum Gasteiger partial charge on any atom is -0.494 e. The van der Waals surface area contributed by atoms with Gasteiger partial charge >= 0.3 is 0 Å². The van der Waals surface area contributed by atoms with E-state index in [4.69, 9.17) is 51.1 Å². The first-order valence-electron chi connectivity index (χ1n) is 9.01. The quantitative estimate of drug-likeness (QED) is 0.315. The molecule has 0 saturated heterocycles. The van der Waals surface area contributed by atoms with Gasteiger partial charge in [0.15, 0.2) is 0 Å². The van der Waals surface area contributed by atoms with Gasteiger partial charge < -0.3 is 9.30 Å². The maximum absolute atomic E-state index is 14.4. The van der Waals surface area contributed by atoms with Crippen LogP contribution in [0.3, 0.4) is 0 Å². The summed E-state index contributed by atoms with van der Waals surface area (Å²) in [4.78, 5) is 0. The van der Waals surface area contributed by atoms with Crippen molar-refractivity contribution in [3.05, 3.63) is 91.9 Å². The molecule has 0 radical (unpaired) electrons. The van der Waals surface area contributed by atoms with Crippen LogP contribution in [0.15, 0.2) is 60.7 Å². The Bertz CT molecular complexity index is 953. The van der Waals surface area contributed by atoms with Gasteiger partial charge in [0.1, 0.15) is 12.9 Å². The van der Waals surface area contributed by atoms with Crippen molar-refractivity contribution in [2.75, 3.05) is 6.61 Å². The van der Waals surface area contributed by atoms with Crippen molar-refractivity contribution in [3.63, 3.8) is 0 Å². The topological polar surface area (TPSA) is 26.3 Å². The van der Waals surface area contributed by atoms with Crippen molar-refractivity contribution in [2.24, 2.45) is 0 Å². The van der Waals surface area contributed by atoms with Crippen molar-refractivity contribution in [1.29, 1.82) is 0 Å². The third-order valence-electron chi connectivity index (χ3n) is 4.57. The zero-order valence-electron chi connectivity index (χ0n) is 15.7. The Balaban J connectivity index is 2.08. The summed E-state index contributed by atoms with van der Waals surface area (Å²) in [6.07, 6.45) is 0.391. The second kappa shape index (κ2) is 9.77. The average molecular weight is 488 g/mol. The lowest BCUT2D eigenvalue weighted by atomic mass is 10.2. The van der Waals surface area contributed by atoms with Gasteiger partial charge in [-0.25, -0.2) is 0 Å². The molecular formula is C22H19Cl4O2P. The largest absolute Gasteiger partial charge is 0.494 e. The summed E-state index contributed by atoms with van der Waals surface area (Å²) in [7, 11) is -3.06. The van der Waals surface area contributed by atoms with Crippen molar-refractivity contribution in [3.8, 4) is 5.75 Å². The molecule has 0 N–H and O–H groups in total. The monoisotopic (exact) mass is 486 g/mol. The first kappa shape index (κ1) is 22.5. The van der Waals surface area contributed by atoms with Gasteiger partial charge in [-0.05, 0) is 66.6 Å². The number of hydrogen-bond acceptors (Lipinski definition) is 2. The molecule has 0 heterocycles. The molecule has 0 aliphatic carbocycles. The summed E-state index contributed by atoms with van der Waals surface area (Å²) < 4.78 is 19.9. The van der Waals surface area contributed by atoms with Crippen molar-refractivity contribution < 1.29 is 9.30 Å². The van der Waals surface area contributed by atoms with Crippen LogP contribution in [0.25, 0.3) is 0 Å². The molecule has 0 amide bonds. The molecule has 7 heteroatoms. The third kappa shape index (κ3) is 5.32. The molecule has 0 bridgehead atoms. The number of benzene rings is 3. The highest BCUT2D eigenvalue weighted by Crippen LogP contribution is 2.54. The third-order valence-corrected chi connectivity index (χ3v) is 8.88. The molecule has 0 aliphatic rings. The van der Waals surface area contributed by atoms with Crippen LogP contribution >= 0.6 is 53.5 Å². The van der Waals surface area contributed by atoms with Gasteiger partial charge in [-0.3, -0.25) is 0 Å². The highest BCUT2D eigenvalue weighted by Gasteiger charge is 2.29. The molecular weight excluding hydrogens is 469 g/mol. The van der Waals surface area contributed by atoms with Gasteiger partial charge in [-0.2, -0.15) is 0 Å². The van der Waals surface area contributed by atoms with Crippen LogP contribution in [0.4, 0.5) is 0 Å². The van der Waals surface area contributed by atoms with Crippen LogP contribution in [-0.2, 0) is 16.9 Å². The van der Waals surface area contributed by atoms with E-state index in [1.54, 1.807) is 36.4 Å². The second-order valence-electron chi connectivity index (χ2n) is 6.53. The molecule has 2 nitrogen and oxygen atoms in total. The van der Waals surface area contributed by atoms with E-state index in [1.807, 2.05) is 31.2 Å². The van der Waals surface area contributed by atoms with Crippen LogP contribution < -0.4 is 10.0 Å². The normalized spacial score (nSPS) is 11.5. The Labute approximate surface area is 191 Å². The molecule has 152 valence electrons. The molecule has 29 heavy (non-hydrogen) atoms. The molecule has 0 spiro atoms. The van der Waals surface area contributed by atoms with E-state index in [9.17, 15) is 4.57 Å². The summed E-state index contributed by atoms with van der Waals surface area (Å²) in [5.41, 5.74) is 1.30. The molecule has 0 fully saturated rings. The lowest BCUT2D eigenvalue weighted by molar-refractivity contribution is 0.340. The fraction of sp³-hybridized carbons (Fsp3) is 0.182. The number of hydrogen-bond donors (Lipinski definition) is 0. The van der Waals surface area contributed by atoms with Crippen molar-refractivity contribution in [1.82, 2.24) is 0 Å². The van der Waals surface area contributed by atoms with E-state index in [-0.39, 0.29) is 12.3 Å². The molecule has 3 rings (SSSR count). The molecule has 0 unspecified atom stereocenters. The standard InChI is InChI=1S/C22H19Cl4O2P/c1-2-28-15-9-11-16(12-10-15)29(27,13-17-19(23)5-3-6-20(17)24)14-18-21(25)7-4-8-22(18)26/h3-12H,2,13-14H2,1H3. The van der Waals surface area contributed by atoms with E-state index < -0.39 is 7.14 Å². The summed E-state index contributed by atoms with van der Waals surface area (Å²) in [6, 6.07) is 17.8. The van der Waals surface area contributed by atoms with Crippen LogP contribution in [0.5, 0.6) is 5.75 Å². The predicted molar refractivity (Wildman–Crippen MR) is 125 cm³/mol. The van der Waals surface area contributed by atoms with E-state index in [2.05, 4.69) is 0 Å². The van der Waals surface area contributed by atoms with Gasteiger partial charge in [0.2, 0.25) is 0 Å². The maximum atomic E-state index is 14.4. The van der Waals surface area contributed by atoms with E-state index in [0.717, 1.165) is 0 Å². The maximum Gasteiger partial charge on any atom is 0.124 e. The lowest BCUT2D eigenvalue weighted by Crippen LogP contribution is -2.10. The Morgan fingerprint density at radius 1 is 0.724 bits per heavy atom. The molecule has 0 saturated carbocycles. The Morgan fingerprint density at radius 2 is 1.14 bits per heavy atom. The average Bonchev–Trinajstić information content (AvgIpc) is 2.69. The number of rotatable bonds is 7. The van der Waals surface area contributed by atoms with Crippen LogP contribution in [0, 0.1) is 0 Å². The number of halogens is 4. The van der Waals surface area contributed by atoms with Crippen molar-refractivity contribution >= 4 is 58.9 Å². The summed E-state index contributed by atoms with van der Waals surface area (Å²) in [5, 5.41) is 2.61. The summed E-state index contributed by atoms with van der Waals surface area (Å²) >= 11 is 25.5. The van der Waals surface area contributed by atoms with Crippen LogP contribution in [0.2, 0.25) is 20.1 Å². The highest BCUT2D eigenvalue weighted by atomic mass is 35.5. The van der Waals surface area contributed by atoms with Gasteiger partial charge in [0, 0.05) is 37.7 Å². The van der Waals surface area contributed by atoms with E-state index in [0.29, 0.717) is 48.9 Å². The molecule has 3 aromatic rings. The van der Waals surface area contributed by atoms with Crippen LogP contribution in [0.1, 0.15) is 18.1 Å². The second-order valence-corrected chi connectivity index (χ2v) is 11.1. The van der Waals surface area contributed by atoms with Gasteiger partial charge in [0.25, 0.3) is 0 Å². The van der Waals surface area contributed by atoms with Gasteiger partial charge in [0.05, 0.1) is 6.61 Å². The minimum absolute atomic E-state index is 0.195. The molecule has 0 aliphatic heterocycles. The Kier molecular flexibility index (Phi) is 7.59. The van der Waals surface area contributed by atoms with Crippen molar-refractivity contribution in [2.45, 2.75) is 19.2 Å².